The molecule has 0 saturated carbocycles. The molecule has 1 unspecified atom stereocenters. The largest absolute Gasteiger partial charge is 0.330 e. The second-order valence-corrected chi connectivity index (χ2v) is 4.42. The third-order valence-electron chi connectivity index (χ3n) is 2.51. The van der Waals surface area contributed by atoms with Gasteiger partial charge in [0.1, 0.15) is 0 Å². The van der Waals surface area contributed by atoms with Gasteiger partial charge in [-0.1, -0.05) is 39.0 Å². The van der Waals surface area contributed by atoms with Gasteiger partial charge < -0.3 is 5.73 Å². The number of rotatable bonds is 9. The fraction of sp³-hybridized carbons (Fsp3) is 1.00. The summed E-state index contributed by atoms with van der Waals surface area (Å²) < 4.78 is 0. The molecular formula is C11H25NS. The van der Waals surface area contributed by atoms with Crippen molar-refractivity contribution in [2.24, 2.45) is 11.7 Å². The molecule has 0 radical (unpaired) electrons. The number of thiol groups is 1. The third kappa shape index (κ3) is 10.2. The van der Waals surface area contributed by atoms with E-state index in [4.69, 9.17) is 5.73 Å². The van der Waals surface area contributed by atoms with Crippen molar-refractivity contribution in [3.05, 3.63) is 0 Å². The predicted octanol–water partition coefficient (Wildman–Crippen LogP) is 3.24. The van der Waals surface area contributed by atoms with E-state index in [1.807, 2.05) is 0 Å². The van der Waals surface area contributed by atoms with Gasteiger partial charge in [0.2, 0.25) is 0 Å². The molecule has 2 heteroatoms. The Bertz CT molecular complexity index is 96.1. The van der Waals surface area contributed by atoms with E-state index in [0.29, 0.717) is 0 Å². The van der Waals surface area contributed by atoms with Gasteiger partial charge in [0.25, 0.3) is 0 Å². The molecule has 13 heavy (non-hydrogen) atoms. The summed E-state index contributed by atoms with van der Waals surface area (Å²) in [5, 5.41) is 0. The van der Waals surface area contributed by atoms with Crippen molar-refractivity contribution in [1.29, 1.82) is 0 Å². The van der Waals surface area contributed by atoms with Crippen molar-refractivity contribution >= 4 is 12.6 Å². The van der Waals surface area contributed by atoms with Gasteiger partial charge in [0.05, 0.1) is 0 Å². The van der Waals surface area contributed by atoms with Crippen molar-refractivity contribution in [2.45, 2.75) is 51.9 Å². The van der Waals surface area contributed by atoms with Gasteiger partial charge in [0.15, 0.2) is 0 Å². The quantitative estimate of drug-likeness (QED) is 0.437. The van der Waals surface area contributed by atoms with Crippen LogP contribution in [0.4, 0.5) is 0 Å². The van der Waals surface area contributed by atoms with E-state index in [9.17, 15) is 0 Å². The van der Waals surface area contributed by atoms with E-state index >= 15 is 0 Å². The van der Waals surface area contributed by atoms with Gasteiger partial charge >= 0.3 is 0 Å². The first-order valence-electron chi connectivity index (χ1n) is 5.62. The first-order valence-corrected chi connectivity index (χ1v) is 6.25. The topological polar surface area (TPSA) is 26.0 Å². The minimum absolute atomic E-state index is 0.720. The van der Waals surface area contributed by atoms with Crippen LogP contribution in [-0.4, -0.2) is 12.3 Å². The maximum absolute atomic E-state index is 5.54. The lowest BCUT2D eigenvalue weighted by Crippen LogP contribution is -2.10. The number of hydrogen-bond acceptors (Lipinski definition) is 2. The highest BCUT2D eigenvalue weighted by Gasteiger charge is 1.97. The monoisotopic (exact) mass is 203 g/mol. The molecule has 0 rings (SSSR count). The highest BCUT2D eigenvalue weighted by Crippen LogP contribution is 2.11. The summed E-state index contributed by atoms with van der Waals surface area (Å²) in [5.41, 5.74) is 5.54. The molecule has 0 aromatic carbocycles. The number of unbranched alkanes of at least 4 members (excludes halogenated alkanes) is 5. The number of hydrogen-bond donors (Lipinski definition) is 2. The van der Waals surface area contributed by atoms with Gasteiger partial charge in [-0.05, 0) is 31.1 Å². The zero-order chi connectivity index (χ0) is 9.94. The molecule has 0 aliphatic rings. The SMILES string of the molecule is CC(CN)CCCCCCCCS. The van der Waals surface area contributed by atoms with Crippen molar-refractivity contribution in [1.82, 2.24) is 0 Å². The van der Waals surface area contributed by atoms with Crippen LogP contribution in [0.3, 0.4) is 0 Å². The molecule has 0 aromatic heterocycles. The van der Waals surface area contributed by atoms with Crippen LogP contribution in [0, 0.1) is 5.92 Å². The molecular weight excluding hydrogens is 178 g/mol. The summed E-state index contributed by atoms with van der Waals surface area (Å²) in [4.78, 5) is 0. The zero-order valence-corrected chi connectivity index (χ0v) is 9.86. The Hall–Kier alpha value is 0.310. The molecule has 80 valence electrons. The summed E-state index contributed by atoms with van der Waals surface area (Å²) in [6.45, 7) is 3.08. The van der Waals surface area contributed by atoms with Crippen LogP contribution >= 0.6 is 12.6 Å². The van der Waals surface area contributed by atoms with Gasteiger partial charge in [-0.3, -0.25) is 0 Å². The fourth-order valence-electron chi connectivity index (χ4n) is 1.43. The Morgan fingerprint density at radius 3 is 2.08 bits per heavy atom. The molecule has 2 N–H and O–H groups in total. The molecule has 0 amide bonds. The summed E-state index contributed by atoms with van der Waals surface area (Å²) in [6.07, 6.45) is 9.47. The highest BCUT2D eigenvalue weighted by molar-refractivity contribution is 7.80. The van der Waals surface area contributed by atoms with E-state index in [0.717, 1.165) is 18.2 Å². The first kappa shape index (κ1) is 13.3. The molecule has 0 saturated heterocycles. The van der Waals surface area contributed by atoms with E-state index < -0.39 is 0 Å². The lowest BCUT2D eigenvalue weighted by molar-refractivity contribution is 0.491. The van der Waals surface area contributed by atoms with E-state index in [1.54, 1.807) is 0 Å². The average Bonchev–Trinajstić information content (AvgIpc) is 2.16. The summed E-state index contributed by atoms with van der Waals surface area (Å²) >= 11 is 4.19. The molecule has 0 bridgehead atoms. The maximum atomic E-state index is 5.54. The molecule has 0 spiro atoms. The smallest absolute Gasteiger partial charge is 0.00515 e. The van der Waals surface area contributed by atoms with Crippen molar-refractivity contribution in [2.75, 3.05) is 12.3 Å². The molecule has 0 aliphatic heterocycles. The second kappa shape index (κ2) is 10.4. The Labute approximate surface area is 88.9 Å². The van der Waals surface area contributed by atoms with Crippen molar-refractivity contribution < 1.29 is 0 Å². The first-order chi connectivity index (χ1) is 6.31. The Morgan fingerprint density at radius 2 is 1.54 bits per heavy atom. The lowest BCUT2D eigenvalue weighted by atomic mass is 10.0. The number of nitrogens with two attached hydrogens (primary N) is 1. The van der Waals surface area contributed by atoms with Crippen LogP contribution < -0.4 is 5.73 Å². The Kier molecular flexibility index (Phi) is 10.6. The van der Waals surface area contributed by atoms with E-state index in [2.05, 4.69) is 19.6 Å². The molecule has 0 aliphatic carbocycles. The van der Waals surface area contributed by atoms with E-state index in [-0.39, 0.29) is 0 Å². The Balaban J connectivity index is 2.91. The molecule has 1 atom stereocenters. The minimum Gasteiger partial charge on any atom is -0.330 e. The van der Waals surface area contributed by atoms with Crippen LogP contribution in [0.1, 0.15) is 51.9 Å². The van der Waals surface area contributed by atoms with Crippen LogP contribution in [0.5, 0.6) is 0 Å². The minimum atomic E-state index is 0.720. The van der Waals surface area contributed by atoms with Crippen LogP contribution in [-0.2, 0) is 0 Å². The van der Waals surface area contributed by atoms with Gasteiger partial charge in [-0.25, -0.2) is 0 Å². The van der Waals surface area contributed by atoms with Gasteiger partial charge in [0, 0.05) is 0 Å². The summed E-state index contributed by atoms with van der Waals surface area (Å²) in [5.74, 6) is 1.77. The van der Waals surface area contributed by atoms with Crippen LogP contribution in [0.15, 0.2) is 0 Å². The van der Waals surface area contributed by atoms with E-state index in [1.165, 1.54) is 44.9 Å². The van der Waals surface area contributed by atoms with Crippen molar-refractivity contribution in [3.63, 3.8) is 0 Å². The third-order valence-corrected chi connectivity index (χ3v) is 2.82. The summed E-state index contributed by atoms with van der Waals surface area (Å²) in [6, 6.07) is 0. The standard InChI is InChI=1S/C11H25NS/c1-11(10-12)8-6-4-2-3-5-7-9-13/h11,13H,2-10,12H2,1H3. The fourth-order valence-corrected chi connectivity index (χ4v) is 1.65. The maximum Gasteiger partial charge on any atom is -0.00515 e. The summed E-state index contributed by atoms with van der Waals surface area (Å²) in [7, 11) is 0. The second-order valence-electron chi connectivity index (χ2n) is 3.97. The van der Waals surface area contributed by atoms with Gasteiger partial charge in [-0.2, -0.15) is 12.6 Å². The Morgan fingerprint density at radius 1 is 1.00 bits per heavy atom. The molecule has 0 aromatic rings. The van der Waals surface area contributed by atoms with Crippen LogP contribution in [0.25, 0.3) is 0 Å². The highest BCUT2D eigenvalue weighted by atomic mass is 32.1. The predicted molar refractivity (Wildman–Crippen MR) is 64.4 cm³/mol. The normalized spacial score (nSPS) is 13.2. The molecule has 0 fully saturated rings. The lowest BCUT2D eigenvalue weighted by Gasteiger charge is -2.07. The average molecular weight is 203 g/mol. The van der Waals surface area contributed by atoms with Crippen LogP contribution in [0.2, 0.25) is 0 Å². The van der Waals surface area contributed by atoms with Gasteiger partial charge in [-0.15, -0.1) is 0 Å². The zero-order valence-electron chi connectivity index (χ0n) is 8.97. The molecule has 1 nitrogen and oxygen atoms in total. The van der Waals surface area contributed by atoms with Crippen molar-refractivity contribution in [3.8, 4) is 0 Å². The molecule has 0 heterocycles.